The van der Waals surface area contributed by atoms with E-state index in [1.807, 2.05) is 0 Å². The number of rotatable bonds is 4. The van der Waals surface area contributed by atoms with Crippen molar-refractivity contribution in [3.8, 4) is 6.01 Å². The molecule has 0 unspecified atom stereocenters. The highest BCUT2D eigenvalue weighted by Gasteiger charge is 2.28. The van der Waals surface area contributed by atoms with Crippen LogP contribution in [0, 0.1) is 0 Å². The monoisotopic (exact) mass is 301 g/mol. The molecule has 3 rings (SSSR count). The number of ether oxygens (including phenoxy) is 1. The third-order valence-electron chi connectivity index (χ3n) is 3.38. The molecule has 1 amide bonds. The van der Waals surface area contributed by atoms with E-state index in [1.54, 1.807) is 29.4 Å². The van der Waals surface area contributed by atoms with E-state index >= 15 is 0 Å². The Labute approximate surface area is 126 Å². The van der Waals surface area contributed by atoms with Gasteiger partial charge in [0.15, 0.2) is 0 Å². The van der Waals surface area contributed by atoms with Crippen LogP contribution in [0.1, 0.15) is 6.42 Å². The first-order chi connectivity index (χ1) is 10.7. The van der Waals surface area contributed by atoms with Gasteiger partial charge < -0.3 is 9.64 Å². The van der Waals surface area contributed by atoms with Crippen LogP contribution in [0.25, 0.3) is 0 Å². The Hall–Kier alpha value is -2.77. The van der Waals surface area contributed by atoms with E-state index in [0.29, 0.717) is 25.5 Å². The first-order valence-electron chi connectivity index (χ1n) is 6.96. The number of nitrogens with zero attached hydrogens (tertiary/aromatic N) is 5. The topological polar surface area (TPSA) is 90.2 Å². The quantitative estimate of drug-likeness (QED) is 0.771. The van der Waals surface area contributed by atoms with Crippen molar-refractivity contribution < 1.29 is 9.53 Å². The highest BCUT2D eigenvalue weighted by Crippen LogP contribution is 2.14. The van der Waals surface area contributed by atoms with Crippen molar-refractivity contribution in [3.05, 3.63) is 47.1 Å². The normalized spacial score (nSPS) is 17.5. The molecule has 0 aromatic carbocycles. The molecule has 0 saturated carbocycles. The second-order valence-electron chi connectivity index (χ2n) is 4.92. The van der Waals surface area contributed by atoms with Crippen LogP contribution >= 0.6 is 0 Å². The minimum Gasteiger partial charge on any atom is -0.458 e. The Bertz CT molecular complexity index is 703. The molecule has 0 aliphatic carbocycles. The van der Waals surface area contributed by atoms with E-state index in [1.165, 1.54) is 12.3 Å². The molecule has 0 N–H and O–H groups in total. The minimum atomic E-state index is -0.291. The molecule has 0 spiro atoms. The molecule has 2 aromatic rings. The summed E-state index contributed by atoms with van der Waals surface area (Å²) in [5.74, 6) is -0.152. The Balaban J connectivity index is 1.57. The third-order valence-corrected chi connectivity index (χ3v) is 3.38. The molecular weight excluding hydrogens is 286 g/mol. The second-order valence-corrected chi connectivity index (χ2v) is 4.92. The lowest BCUT2D eigenvalue weighted by Gasteiger charge is -2.16. The van der Waals surface area contributed by atoms with Crippen molar-refractivity contribution in [1.29, 1.82) is 0 Å². The molecule has 1 atom stereocenters. The average molecular weight is 301 g/mol. The van der Waals surface area contributed by atoms with E-state index in [9.17, 15) is 9.59 Å². The van der Waals surface area contributed by atoms with Crippen LogP contribution in [-0.4, -0.2) is 49.7 Å². The van der Waals surface area contributed by atoms with E-state index in [4.69, 9.17) is 4.74 Å². The number of likely N-dealkylation sites (tertiary alicyclic amines) is 1. The smallest absolute Gasteiger partial charge is 0.316 e. The van der Waals surface area contributed by atoms with Crippen molar-refractivity contribution >= 4 is 5.91 Å². The van der Waals surface area contributed by atoms with Crippen molar-refractivity contribution in [2.45, 2.75) is 19.1 Å². The van der Waals surface area contributed by atoms with Crippen LogP contribution in [0.5, 0.6) is 6.01 Å². The molecule has 0 radical (unpaired) electrons. The standard InChI is InChI=1S/C14H15N5O3/c20-12-3-1-7-17-19(12)10-13(21)18-8-4-11(9-18)22-14-15-5-2-6-16-14/h1-3,5-7,11H,4,8-10H2/t11-/m0/s1. The summed E-state index contributed by atoms with van der Waals surface area (Å²) < 4.78 is 6.78. The minimum absolute atomic E-state index is 0.0613. The predicted octanol–water partition coefficient (Wildman–Crippen LogP) is -0.287. The second kappa shape index (κ2) is 6.33. The Kier molecular flexibility index (Phi) is 4.08. The number of aromatic nitrogens is 4. The maximum atomic E-state index is 12.2. The van der Waals surface area contributed by atoms with Crippen LogP contribution < -0.4 is 10.3 Å². The van der Waals surface area contributed by atoms with E-state index in [2.05, 4.69) is 15.1 Å². The number of carbonyl (C=O) groups is 1. The summed E-state index contributed by atoms with van der Waals surface area (Å²) in [5.41, 5.74) is -0.291. The Morgan fingerprint density at radius 1 is 1.27 bits per heavy atom. The molecule has 0 bridgehead atoms. The molecule has 1 aliphatic heterocycles. The summed E-state index contributed by atoms with van der Waals surface area (Å²) in [4.78, 5) is 33.4. The van der Waals surface area contributed by atoms with E-state index in [-0.39, 0.29) is 24.1 Å². The summed E-state index contributed by atoms with van der Waals surface area (Å²) in [6, 6.07) is 4.94. The van der Waals surface area contributed by atoms with Gasteiger partial charge in [-0.2, -0.15) is 5.10 Å². The van der Waals surface area contributed by atoms with Crippen LogP contribution in [0.3, 0.4) is 0 Å². The van der Waals surface area contributed by atoms with Crippen LogP contribution in [0.2, 0.25) is 0 Å². The molecule has 8 heteroatoms. The molecule has 2 aromatic heterocycles. The van der Waals surface area contributed by atoms with Crippen molar-refractivity contribution in [2.24, 2.45) is 0 Å². The Morgan fingerprint density at radius 3 is 2.86 bits per heavy atom. The molecule has 3 heterocycles. The van der Waals surface area contributed by atoms with Gasteiger partial charge in [0.25, 0.3) is 5.56 Å². The maximum Gasteiger partial charge on any atom is 0.316 e. The van der Waals surface area contributed by atoms with Gasteiger partial charge in [-0.15, -0.1) is 0 Å². The van der Waals surface area contributed by atoms with Gasteiger partial charge in [0.1, 0.15) is 12.6 Å². The average Bonchev–Trinajstić information content (AvgIpc) is 2.99. The van der Waals surface area contributed by atoms with Gasteiger partial charge in [-0.05, 0) is 12.1 Å². The van der Waals surface area contributed by atoms with Crippen LogP contribution in [-0.2, 0) is 11.3 Å². The number of hydrogen-bond acceptors (Lipinski definition) is 6. The van der Waals surface area contributed by atoms with E-state index in [0.717, 1.165) is 4.68 Å². The van der Waals surface area contributed by atoms with Gasteiger partial charge in [0.2, 0.25) is 5.91 Å². The summed E-state index contributed by atoms with van der Waals surface area (Å²) >= 11 is 0. The summed E-state index contributed by atoms with van der Waals surface area (Å²) in [5, 5.41) is 3.88. The molecule has 1 aliphatic rings. The lowest BCUT2D eigenvalue weighted by Crippen LogP contribution is -2.36. The fourth-order valence-corrected chi connectivity index (χ4v) is 2.28. The zero-order valence-electron chi connectivity index (χ0n) is 11.8. The van der Waals surface area contributed by atoms with E-state index < -0.39 is 0 Å². The van der Waals surface area contributed by atoms with Gasteiger partial charge >= 0.3 is 6.01 Å². The predicted molar refractivity (Wildman–Crippen MR) is 76.1 cm³/mol. The van der Waals surface area contributed by atoms with Crippen molar-refractivity contribution in [1.82, 2.24) is 24.6 Å². The summed E-state index contributed by atoms with van der Waals surface area (Å²) in [6.07, 6.45) is 5.27. The highest BCUT2D eigenvalue weighted by atomic mass is 16.5. The van der Waals surface area contributed by atoms with Gasteiger partial charge in [0, 0.05) is 37.6 Å². The molecule has 8 nitrogen and oxygen atoms in total. The number of carbonyl (C=O) groups excluding carboxylic acids is 1. The number of hydrogen-bond donors (Lipinski definition) is 0. The first-order valence-corrected chi connectivity index (χ1v) is 6.96. The molecule has 1 fully saturated rings. The third kappa shape index (κ3) is 3.27. The lowest BCUT2D eigenvalue weighted by atomic mass is 10.3. The van der Waals surface area contributed by atoms with Crippen LogP contribution in [0.4, 0.5) is 0 Å². The lowest BCUT2D eigenvalue weighted by molar-refractivity contribution is -0.131. The first kappa shape index (κ1) is 14.2. The van der Waals surface area contributed by atoms with Gasteiger partial charge in [-0.25, -0.2) is 14.6 Å². The van der Waals surface area contributed by atoms with Crippen molar-refractivity contribution in [3.63, 3.8) is 0 Å². The van der Waals surface area contributed by atoms with Crippen LogP contribution in [0.15, 0.2) is 41.6 Å². The number of amides is 1. The van der Waals surface area contributed by atoms with Gasteiger partial charge in [0.05, 0.1) is 6.54 Å². The highest BCUT2D eigenvalue weighted by molar-refractivity contribution is 5.76. The molecular formula is C14H15N5O3. The SMILES string of the molecule is O=C(Cn1ncccc1=O)N1CC[C@H](Oc2ncccn2)C1. The van der Waals surface area contributed by atoms with Gasteiger partial charge in [-0.3, -0.25) is 9.59 Å². The van der Waals surface area contributed by atoms with Crippen molar-refractivity contribution in [2.75, 3.05) is 13.1 Å². The molecule has 1 saturated heterocycles. The maximum absolute atomic E-state index is 12.2. The fraction of sp³-hybridized carbons (Fsp3) is 0.357. The fourth-order valence-electron chi connectivity index (χ4n) is 2.28. The zero-order chi connectivity index (χ0) is 15.4. The van der Waals surface area contributed by atoms with Gasteiger partial charge in [-0.1, -0.05) is 0 Å². The Morgan fingerprint density at radius 2 is 2.09 bits per heavy atom. The largest absolute Gasteiger partial charge is 0.458 e. The molecule has 114 valence electrons. The summed E-state index contributed by atoms with van der Waals surface area (Å²) in [7, 11) is 0. The summed E-state index contributed by atoms with van der Waals surface area (Å²) in [6.45, 7) is 0.977. The zero-order valence-corrected chi connectivity index (χ0v) is 11.8. The molecule has 22 heavy (non-hydrogen) atoms.